The van der Waals surface area contributed by atoms with Crippen molar-refractivity contribution >= 4 is 110 Å². The lowest BCUT2D eigenvalue weighted by Gasteiger charge is -2.10. The lowest BCUT2D eigenvalue weighted by atomic mass is 9.95. The number of fused-ring (bicyclic) bond motifs is 15. The van der Waals surface area contributed by atoms with Crippen molar-refractivity contribution in [1.82, 2.24) is 24.9 Å². The molecule has 20 aromatic rings. The van der Waals surface area contributed by atoms with Crippen molar-refractivity contribution in [2.24, 2.45) is 35.2 Å². The summed E-state index contributed by atoms with van der Waals surface area (Å²) in [6, 6.07) is 45.2. The molecule has 0 saturated carbocycles. The van der Waals surface area contributed by atoms with E-state index in [1.807, 2.05) is 106 Å². The summed E-state index contributed by atoms with van der Waals surface area (Å²) in [6.45, 7) is -2.68. The van der Waals surface area contributed by atoms with Gasteiger partial charge in [-0.3, -0.25) is 0 Å². The third kappa shape index (κ3) is 14.6. The van der Waals surface area contributed by atoms with E-state index in [2.05, 4.69) is 31.0 Å². The van der Waals surface area contributed by atoms with Crippen molar-refractivity contribution in [1.29, 1.82) is 0 Å². The second-order valence-electron chi connectivity index (χ2n) is 30.2. The largest absolute Gasteiger partial charge is 0.437 e. The van der Waals surface area contributed by atoms with Crippen molar-refractivity contribution < 1.29 is 80.6 Å². The van der Waals surface area contributed by atoms with Crippen molar-refractivity contribution in [2.75, 3.05) is 0 Å². The summed E-state index contributed by atoms with van der Waals surface area (Å²) in [6.07, 6.45) is 16.5. The molecule has 594 valence electrons. The summed E-state index contributed by atoms with van der Waals surface area (Å²) in [7, 11) is 9.10. The lowest BCUT2D eigenvalue weighted by molar-refractivity contribution is -0.660. The molecule has 15 nitrogen and oxygen atoms in total. The second-order valence-corrected chi connectivity index (χ2v) is 30.2. The average molecular weight is 1600 g/mol. The Balaban J connectivity index is 0.000000130. The van der Waals surface area contributed by atoms with Crippen LogP contribution in [0.15, 0.2) is 236 Å². The molecule has 0 spiro atoms. The number of pyridine rings is 10. The number of benzene rings is 5. The normalized spacial score (nSPS) is 16.7. The number of hydrogen-bond acceptors (Lipinski definition) is 10. The number of furan rings is 5. The Labute approximate surface area is 730 Å². The molecule has 119 heavy (non-hydrogen) atoms. The van der Waals surface area contributed by atoms with Gasteiger partial charge in [-0.1, -0.05) is 70.0 Å². The van der Waals surface area contributed by atoms with Gasteiger partial charge in [0.25, 0.3) is 0 Å². The van der Waals surface area contributed by atoms with Crippen LogP contribution in [0.2, 0.25) is 0 Å². The predicted molar refractivity (Wildman–Crippen MR) is 480 cm³/mol. The topological polar surface area (TPSA) is 150 Å². The molecule has 0 N–H and O–H groups in total. The Morgan fingerprint density at radius 2 is 0.613 bits per heavy atom. The maximum absolute atomic E-state index is 8.49. The fourth-order valence-corrected chi connectivity index (χ4v) is 15.9. The van der Waals surface area contributed by atoms with Crippen molar-refractivity contribution in [3.05, 3.63) is 297 Å². The van der Waals surface area contributed by atoms with E-state index < -0.39 is 66.6 Å². The van der Waals surface area contributed by atoms with Gasteiger partial charge in [0, 0.05) is 180 Å². The Kier molecular flexibility index (Phi) is 14.4. The second kappa shape index (κ2) is 31.9. The molecule has 15 heteroatoms. The highest BCUT2D eigenvalue weighted by molar-refractivity contribution is 6.14. The van der Waals surface area contributed by atoms with Gasteiger partial charge < -0.3 is 22.1 Å². The fourth-order valence-electron chi connectivity index (χ4n) is 15.9. The summed E-state index contributed by atoms with van der Waals surface area (Å²) in [5.41, 5.74) is 20.4. The molecule has 15 aromatic heterocycles. The van der Waals surface area contributed by atoms with Gasteiger partial charge in [0.1, 0.15) is 35.2 Å². The summed E-state index contributed by atoms with van der Waals surface area (Å²) in [4.78, 5) is 21.4. The Bertz CT molecular complexity index is 8560. The summed E-state index contributed by atoms with van der Waals surface area (Å²) in [5, 5.41) is 7.22. The Morgan fingerprint density at radius 3 is 0.966 bits per heavy atom. The van der Waals surface area contributed by atoms with Crippen LogP contribution in [0.5, 0.6) is 0 Å². The van der Waals surface area contributed by atoms with Crippen LogP contribution in [0, 0.1) is 89.6 Å². The van der Waals surface area contributed by atoms with E-state index >= 15 is 0 Å². The molecule has 15 heterocycles. The summed E-state index contributed by atoms with van der Waals surface area (Å²) in [5.74, 6) is -3.54. The number of hydrogen-bond donors (Lipinski definition) is 0. The zero-order chi connectivity index (χ0) is 106. The van der Waals surface area contributed by atoms with Gasteiger partial charge >= 0.3 is 0 Å². The monoisotopic (exact) mass is 1600 g/mol. The van der Waals surface area contributed by atoms with E-state index in [-0.39, 0.29) is 27.8 Å². The first-order valence-corrected chi connectivity index (χ1v) is 38.5. The third-order valence-electron chi connectivity index (χ3n) is 21.9. The smallest absolute Gasteiger partial charge is 0.227 e. The van der Waals surface area contributed by atoms with Gasteiger partial charge in [0.05, 0.1) is 27.8 Å². The highest BCUT2D eigenvalue weighted by Crippen LogP contribution is 2.44. The first-order valence-electron chi connectivity index (χ1n) is 51.5. The number of rotatable bonds is 7. The van der Waals surface area contributed by atoms with Gasteiger partial charge in [0.2, 0.25) is 57.0 Å². The molecule has 0 bridgehead atoms. The van der Waals surface area contributed by atoms with E-state index in [9.17, 15) is 0 Å². The van der Waals surface area contributed by atoms with Crippen molar-refractivity contribution in [3.8, 4) is 56.3 Å². The minimum absolute atomic E-state index is 0.173. The third-order valence-corrected chi connectivity index (χ3v) is 21.9. The molecule has 2 atom stereocenters. The standard InChI is InChI=1S/C22H23N2O.2C21H21N2O.2C20H19N2O/c1-13(2)16-8-10-24(5)18(12-16)20-15(4)11-14(3)19-17-7-6-9-23-22(17)25-21(19)20;1-12-10-17(23(5)11-15(12)4)19-14(3)9-13(2)18-16-7-6-8-22-21(16)24-20(18)19;1-13(2)15-9-11-23(4)18(12-15)19-14(3)7-8-16-17-6-5-10-22-21(17)24-20(16)19;1-12-7-8-15-16-6-5-9-21-20(16)23-19(15)18(12)17-10-13(2)14(3)11-22(17)4;1-12-7-8-16(22(4)11-12)18-14(3)10-13(2)17-15-6-5-9-21-20(15)23-19(17)18/h6-13H,1-5H3;6-11H,1-5H3;5-13H,1-4H3;2*5-11H,1-4H3/q5*+1/i1D3,3D3,13D;2D3,4D3;1D3,13D;3D3;1D3,2D3. The van der Waals surface area contributed by atoms with Gasteiger partial charge in [-0.15, -0.1) is 0 Å². The van der Waals surface area contributed by atoms with Gasteiger partial charge in [0.15, 0.2) is 58.9 Å². The zero-order valence-corrected chi connectivity index (χ0v) is 68.2. The molecule has 0 aliphatic carbocycles. The van der Waals surface area contributed by atoms with Crippen LogP contribution >= 0.6 is 0 Å². The highest BCUT2D eigenvalue weighted by atomic mass is 16.4. The first-order chi connectivity index (χ1) is 67.5. The molecule has 0 fully saturated rings. The maximum Gasteiger partial charge on any atom is 0.227 e. The SMILES string of the molecule is [2H]C([2H])([2H])C([2H])(C)c1cc[n+](C)c(-c2c(C)ccc3c2oc2ncccc23)c1.[2H]C([2H])([2H])c1c[n+](C)c(-c2c(C)cc(C([2H])([2H])[2H])c3c2oc2ncccc23)cc1C.[2H]C([2H])([2H])c1c[n+](C)c(-c2c(C)ccc3c2oc2ncccc23)cc1C.[2H]C([2H])([2H])c1cc(C)c(-c2cc(C([2H])(C)C([2H])([2H])[2H])cc[n+]2C)c2oc3ncccc3c12.[2H]C([2H])([2H])c1ccc(-c2c(C)cc(C([2H])([2H])[2H])c3c2oc2ncccc23)[n+](C)c1. The van der Waals surface area contributed by atoms with Crippen molar-refractivity contribution in [2.45, 2.75) is 129 Å². The first kappa shape index (κ1) is 53.8. The average Bonchev–Trinajstić information content (AvgIpc) is 1.60. The lowest BCUT2D eigenvalue weighted by Crippen LogP contribution is -2.31. The van der Waals surface area contributed by atoms with Gasteiger partial charge in [-0.25, -0.2) is 47.8 Å². The highest BCUT2D eigenvalue weighted by Gasteiger charge is 2.29. The van der Waals surface area contributed by atoms with E-state index in [0.717, 1.165) is 94.4 Å². The van der Waals surface area contributed by atoms with Crippen LogP contribution in [-0.2, 0) is 35.2 Å². The van der Waals surface area contributed by atoms with Crippen LogP contribution in [0.1, 0.15) is 158 Å². The van der Waals surface area contributed by atoms with Crippen LogP contribution in [0.25, 0.3) is 167 Å². The summed E-state index contributed by atoms with van der Waals surface area (Å²) >= 11 is 0. The quantitative estimate of drug-likeness (QED) is 0.141. The van der Waals surface area contributed by atoms with Crippen molar-refractivity contribution in [3.63, 3.8) is 0 Å². The van der Waals surface area contributed by atoms with Gasteiger partial charge in [-0.2, -0.15) is 0 Å². The molecule has 5 aromatic carbocycles. The minimum atomic E-state index is -2.52. The minimum Gasteiger partial charge on any atom is -0.437 e. The maximum atomic E-state index is 8.49. The zero-order valence-electron chi connectivity index (χ0n) is 94.2. The molecular formula is C104H103N10O5+5. The fraction of sp³-hybridized carbons (Fsp3) is 0.231. The molecule has 0 radical (unpaired) electrons. The molecule has 0 aliphatic heterocycles. The number of aromatic nitrogens is 10. The van der Waals surface area contributed by atoms with E-state index in [1.165, 1.54) is 13.8 Å². The summed E-state index contributed by atoms with van der Waals surface area (Å²) < 4.78 is 244. The molecule has 0 aliphatic rings. The molecule has 2 unspecified atom stereocenters. The Morgan fingerprint density at radius 1 is 0.286 bits per heavy atom. The van der Waals surface area contributed by atoms with E-state index in [4.69, 9.17) is 57.7 Å². The number of nitrogens with zero attached hydrogens (tertiary/aromatic N) is 10. The van der Waals surface area contributed by atoms with Crippen LogP contribution in [-0.4, -0.2) is 24.9 Å². The van der Waals surface area contributed by atoms with Crippen LogP contribution in [0.3, 0.4) is 0 Å². The molecule has 0 saturated heterocycles. The van der Waals surface area contributed by atoms with E-state index in [0.29, 0.717) is 128 Å². The predicted octanol–water partition coefficient (Wildman–Crippen LogP) is 23.6. The number of aryl methyl sites for hydroxylation is 18. The molecule has 0 amide bonds. The van der Waals surface area contributed by atoms with Crippen LogP contribution in [0.4, 0.5) is 0 Å². The Hall–Kier alpha value is -13.4. The molecule has 20 rings (SSSR count). The molecular weight excluding hydrogens is 1470 g/mol. The van der Waals surface area contributed by atoms with Crippen LogP contribution < -0.4 is 22.8 Å². The van der Waals surface area contributed by atoms with E-state index in [1.54, 1.807) is 208 Å². The van der Waals surface area contributed by atoms with Gasteiger partial charge in [-0.05, 0) is 235 Å².